The summed E-state index contributed by atoms with van der Waals surface area (Å²) in [6.45, 7) is 3.07. The van der Waals surface area contributed by atoms with Gasteiger partial charge in [0.1, 0.15) is 12.3 Å². The summed E-state index contributed by atoms with van der Waals surface area (Å²) >= 11 is 0. The molecule has 224 valence electrons. The Morgan fingerprint density at radius 1 is 1.07 bits per heavy atom. The van der Waals surface area contributed by atoms with Crippen molar-refractivity contribution in [3.63, 3.8) is 0 Å². The zero-order valence-corrected chi connectivity index (χ0v) is 23.9. The van der Waals surface area contributed by atoms with E-state index >= 15 is 0 Å². The van der Waals surface area contributed by atoms with Gasteiger partial charge in [0.05, 0.1) is 24.7 Å². The summed E-state index contributed by atoms with van der Waals surface area (Å²) < 4.78 is 46.8. The highest BCUT2D eigenvalue weighted by Gasteiger charge is 2.38. The van der Waals surface area contributed by atoms with Gasteiger partial charge in [0, 0.05) is 37.1 Å². The molecule has 3 aromatic heterocycles. The molecule has 5 aromatic rings. The fourth-order valence-corrected chi connectivity index (χ4v) is 6.07. The van der Waals surface area contributed by atoms with Crippen molar-refractivity contribution < 1.29 is 27.5 Å². The number of carbonyl (C=O) groups excluding carboxylic acids is 2. The number of aromatic nitrogens is 4. The van der Waals surface area contributed by atoms with Crippen molar-refractivity contribution in [3.8, 4) is 5.75 Å². The van der Waals surface area contributed by atoms with Crippen LogP contribution in [0.15, 0.2) is 61.1 Å². The van der Waals surface area contributed by atoms with Gasteiger partial charge in [0.15, 0.2) is 11.3 Å². The summed E-state index contributed by atoms with van der Waals surface area (Å²) in [5.41, 5.74) is 3.43. The molecule has 43 heavy (non-hydrogen) atoms. The zero-order valence-electron chi connectivity index (χ0n) is 23.9. The molecule has 0 saturated carbocycles. The van der Waals surface area contributed by atoms with Crippen LogP contribution in [0.1, 0.15) is 48.2 Å². The maximum atomic E-state index is 13.8. The van der Waals surface area contributed by atoms with Crippen LogP contribution in [0.4, 0.5) is 18.0 Å². The Kier molecular flexibility index (Phi) is 7.23. The van der Waals surface area contributed by atoms with Gasteiger partial charge in [-0.05, 0) is 47.4 Å². The number of halogens is 3. The molecule has 1 aliphatic heterocycles. The van der Waals surface area contributed by atoms with Gasteiger partial charge >= 0.3 is 12.2 Å². The second-order valence-corrected chi connectivity index (χ2v) is 11.0. The number of imidazole rings is 1. The van der Waals surface area contributed by atoms with Gasteiger partial charge in [-0.2, -0.15) is 13.2 Å². The van der Waals surface area contributed by atoms with E-state index in [-0.39, 0.29) is 24.3 Å². The third kappa shape index (κ3) is 5.26. The Morgan fingerprint density at radius 3 is 2.58 bits per heavy atom. The minimum Gasteiger partial charge on any atom is -0.497 e. The van der Waals surface area contributed by atoms with E-state index in [1.54, 1.807) is 30.3 Å². The van der Waals surface area contributed by atoms with E-state index in [9.17, 15) is 22.8 Å². The van der Waals surface area contributed by atoms with Crippen LogP contribution in [-0.4, -0.2) is 68.7 Å². The van der Waals surface area contributed by atoms with Crippen LogP contribution in [-0.2, 0) is 0 Å². The summed E-state index contributed by atoms with van der Waals surface area (Å²) in [6, 6.07) is 12.8. The topological polar surface area (TPSA) is 93.8 Å². The number of likely N-dealkylation sites (tertiary alicyclic amines) is 1. The second-order valence-electron chi connectivity index (χ2n) is 11.0. The number of ether oxygens (including phenoxy) is 1. The molecular weight excluding hydrogens is 561 g/mol. The predicted molar refractivity (Wildman–Crippen MR) is 156 cm³/mol. The van der Waals surface area contributed by atoms with Gasteiger partial charge in [-0.3, -0.25) is 13.8 Å². The van der Waals surface area contributed by atoms with Gasteiger partial charge in [0.2, 0.25) is 5.91 Å². The first-order valence-corrected chi connectivity index (χ1v) is 14.1. The summed E-state index contributed by atoms with van der Waals surface area (Å²) in [5, 5.41) is 3.99. The molecule has 2 aromatic carbocycles. The molecule has 1 fully saturated rings. The SMILES string of the molecule is CC[C@@H]1CN(C(=O)NCC(F)(F)F)C[C@@H]1c1cnc2cnc3c(ccn3C(=O)[C@@H](C)c3ccc4cc(OC)ccc4c3)n12. The van der Waals surface area contributed by atoms with E-state index in [4.69, 9.17) is 4.74 Å². The van der Waals surface area contributed by atoms with Crippen molar-refractivity contribution in [3.05, 3.63) is 72.3 Å². The van der Waals surface area contributed by atoms with Crippen molar-refractivity contribution in [2.45, 2.75) is 38.3 Å². The third-order valence-electron chi connectivity index (χ3n) is 8.45. The first kappa shape index (κ1) is 28.5. The number of fused-ring (bicyclic) bond motifs is 4. The third-order valence-corrected chi connectivity index (χ3v) is 8.45. The molecule has 1 N–H and O–H groups in total. The highest BCUT2D eigenvalue weighted by molar-refractivity contribution is 5.94. The number of nitrogens with zero attached hydrogens (tertiary/aromatic N) is 5. The monoisotopic (exact) mass is 592 g/mol. The molecule has 1 aliphatic rings. The first-order chi connectivity index (χ1) is 20.6. The number of amides is 2. The Balaban J connectivity index is 1.30. The van der Waals surface area contributed by atoms with E-state index < -0.39 is 24.7 Å². The number of methoxy groups -OCH3 is 1. The lowest BCUT2D eigenvalue weighted by atomic mass is 9.91. The summed E-state index contributed by atoms with van der Waals surface area (Å²) in [6.07, 6.45) is 1.28. The van der Waals surface area contributed by atoms with Crippen molar-refractivity contribution in [2.24, 2.45) is 5.92 Å². The minimum atomic E-state index is -4.48. The van der Waals surface area contributed by atoms with Crippen molar-refractivity contribution >= 4 is 39.5 Å². The molecule has 1 saturated heterocycles. The van der Waals surface area contributed by atoms with Crippen LogP contribution >= 0.6 is 0 Å². The van der Waals surface area contributed by atoms with Crippen LogP contribution in [0.5, 0.6) is 5.75 Å². The molecule has 0 unspecified atom stereocenters. The molecule has 0 radical (unpaired) electrons. The predicted octanol–water partition coefficient (Wildman–Crippen LogP) is 5.99. The van der Waals surface area contributed by atoms with E-state index in [0.29, 0.717) is 23.4 Å². The zero-order chi connectivity index (χ0) is 30.5. The average Bonchev–Trinajstić information content (AvgIpc) is 3.74. The number of benzene rings is 2. The van der Waals surface area contributed by atoms with Crippen LogP contribution in [0.3, 0.4) is 0 Å². The molecule has 9 nitrogen and oxygen atoms in total. The standard InChI is InChI=1S/C31H31F3N6O3/c1-4-19-15-38(30(42)37-17-31(32,33)34)16-24(19)26-13-35-27-14-36-28-25(40(26)27)9-10-39(28)29(41)18(2)20-5-6-22-12-23(43-3)8-7-21(22)11-20/h5-14,18-19,24H,4,15-17H2,1-3H3,(H,37,42)/t18-,19+,24-/m0/s1. The first-order valence-electron chi connectivity index (χ1n) is 14.1. The van der Waals surface area contributed by atoms with Crippen LogP contribution < -0.4 is 10.1 Å². The lowest BCUT2D eigenvalue weighted by molar-refractivity contribution is -0.123. The quantitative estimate of drug-likeness (QED) is 0.262. The van der Waals surface area contributed by atoms with Gasteiger partial charge < -0.3 is 15.0 Å². The molecule has 12 heteroatoms. The van der Waals surface area contributed by atoms with Crippen LogP contribution in [0.2, 0.25) is 0 Å². The van der Waals surface area contributed by atoms with Crippen molar-refractivity contribution in [2.75, 3.05) is 26.7 Å². The highest BCUT2D eigenvalue weighted by Crippen LogP contribution is 2.36. The van der Waals surface area contributed by atoms with Gasteiger partial charge in [-0.15, -0.1) is 0 Å². The van der Waals surface area contributed by atoms with Gasteiger partial charge in [0.25, 0.3) is 0 Å². The average molecular weight is 593 g/mol. The molecule has 2 amide bonds. The van der Waals surface area contributed by atoms with E-state index in [1.807, 2.05) is 66.0 Å². The minimum absolute atomic E-state index is 0.0244. The number of rotatable bonds is 6. The molecule has 0 spiro atoms. The van der Waals surface area contributed by atoms with E-state index in [2.05, 4.69) is 9.97 Å². The number of hydrogen-bond acceptors (Lipinski definition) is 5. The fourth-order valence-electron chi connectivity index (χ4n) is 6.07. The number of nitrogens with one attached hydrogen (secondary N) is 1. The Labute approximate surface area is 245 Å². The summed E-state index contributed by atoms with van der Waals surface area (Å²) in [7, 11) is 1.62. The Hall–Kier alpha value is -4.61. The van der Waals surface area contributed by atoms with E-state index in [0.717, 1.165) is 34.2 Å². The molecule has 0 aliphatic carbocycles. The smallest absolute Gasteiger partial charge is 0.405 e. The van der Waals surface area contributed by atoms with Crippen LogP contribution in [0, 0.1) is 5.92 Å². The second kappa shape index (κ2) is 10.9. The van der Waals surface area contributed by atoms with Gasteiger partial charge in [-0.1, -0.05) is 37.6 Å². The maximum absolute atomic E-state index is 13.8. The molecule has 3 atom stereocenters. The summed E-state index contributed by atoms with van der Waals surface area (Å²) in [5.74, 6) is 0.0358. The number of urea groups is 1. The fraction of sp³-hybridized carbons (Fsp3) is 0.355. The van der Waals surface area contributed by atoms with Gasteiger partial charge in [-0.25, -0.2) is 14.8 Å². The number of hydrogen-bond donors (Lipinski definition) is 1. The van der Waals surface area contributed by atoms with Crippen molar-refractivity contribution in [1.29, 1.82) is 0 Å². The molecule has 0 bridgehead atoms. The molecule has 4 heterocycles. The van der Waals surface area contributed by atoms with Crippen LogP contribution in [0.25, 0.3) is 27.6 Å². The molecule has 6 rings (SSSR count). The number of alkyl halides is 3. The highest BCUT2D eigenvalue weighted by atomic mass is 19.4. The maximum Gasteiger partial charge on any atom is 0.405 e. The number of carbonyl (C=O) groups is 2. The van der Waals surface area contributed by atoms with E-state index in [1.165, 1.54) is 4.90 Å². The Bertz CT molecular complexity index is 1850. The van der Waals surface area contributed by atoms with Crippen molar-refractivity contribution in [1.82, 2.24) is 29.2 Å². The molecular formula is C31H31F3N6O3. The lowest BCUT2D eigenvalue weighted by Gasteiger charge is -2.18. The Morgan fingerprint density at radius 2 is 1.84 bits per heavy atom. The summed E-state index contributed by atoms with van der Waals surface area (Å²) in [4.78, 5) is 36.8. The normalized spacial score (nSPS) is 18.0. The largest absolute Gasteiger partial charge is 0.497 e. The lowest BCUT2D eigenvalue weighted by Crippen LogP contribution is -2.42.